The van der Waals surface area contributed by atoms with Crippen molar-refractivity contribution in [3.63, 3.8) is 0 Å². The van der Waals surface area contributed by atoms with E-state index < -0.39 is 27.3 Å². The number of halogens is 1. The summed E-state index contributed by atoms with van der Waals surface area (Å²) in [4.78, 5) is 24.6. The van der Waals surface area contributed by atoms with E-state index in [9.17, 15) is 22.4 Å². The van der Waals surface area contributed by atoms with Gasteiger partial charge in [0.1, 0.15) is 11.5 Å². The van der Waals surface area contributed by atoms with E-state index >= 15 is 0 Å². The summed E-state index contributed by atoms with van der Waals surface area (Å²) in [5, 5.41) is 6.71. The normalized spacial score (nSPS) is 15.2. The van der Waals surface area contributed by atoms with Crippen molar-refractivity contribution >= 4 is 27.3 Å². The number of rotatable bonds is 4. The molecule has 0 saturated carbocycles. The highest BCUT2D eigenvalue weighted by Crippen LogP contribution is 2.25. The van der Waals surface area contributed by atoms with Gasteiger partial charge >= 0.3 is 0 Å². The largest absolute Gasteiger partial charge is 0.321 e. The summed E-state index contributed by atoms with van der Waals surface area (Å²) in [7, 11) is -3.28. The van der Waals surface area contributed by atoms with Crippen molar-refractivity contribution < 1.29 is 17.6 Å². The van der Waals surface area contributed by atoms with Crippen LogP contribution in [0.5, 0.6) is 0 Å². The Kier molecular flexibility index (Phi) is 5.08. The highest BCUT2D eigenvalue weighted by Gasteiger charge is 2.28. The maximum absolute atomic E-state index is 13.1. The molecule has 1 aliphatic rings. The molecule has 2 heterocycles. The van der Waals surface area contributed by atoms with E-state index in [-0.39, 0.29) is 11.4 Å². The predicted molar refractivity (Wildman–Crippen MR) is 110 cm³/mol. The third-order valence-corrected chi connectivity index (χ3v) is 6.49. The monoisotopic (exact) mass is 428 g/mol. The first kappa shape index (κ1) is 19.8. The van der Waals surface area contributed by atoms with Crippen molar-refractivity contribution in [2.24, 2.45) is 0 Å². The van der Waals surface area contributed by atoms with Crippen LogP contribution in [0.2, 0.25) is 0 Å². The van der Waals surface area contributed by atoms with Crippen LogP contribution in [0, 0.1) is 5.82 Å². The average Bonchev–Trinajstić information content (AvgIpc) is 3.08. The van der Waals surface area contributed by atoms with Gasteiger partial charge in [0.25, 0.3) is 11.5 Å². The van der Waals surface area contributed by atoms with Gasteiger partial charge in [-0.1, -0.05) is 0 Å². The van der Waals surface area contributed by atoms with Gasteiger partial charge in [-0.15, -0.1) is 0 Å². The third kappa shape index (κ3) is 3.94. The van der Waals surface area contributed by atoms with E-state index in [4.69, 9.17) is 0 Å². The van der Waals surface area contributed by atoms with Crippen LogP contribution in [0.15, 0.2) is 65.5 Å². The van der Waals surface area contributed by atoms with Crippen molar-refractivity contribution in [3.05, 3.63) is 82.5 Å². The number of benzene rings is 2. The molecule has 0 radical (unpaired) electrons. The van der Waals surface area contributed by atoms with Gasteiger partial charge in [-0.25, -0.2) is 12.8 Å². The topological polar surface area (TPSA) is 101 Å². The molecule has 1 aromatic heterocycles. The van der Waals surface area contributed by atoms with Gasteiger partial charge in [-0.05, 0) is 61.0 Å². The molecule has 8 nitrogen and oxygen atoms in total. The summed E-state index contributed by atoms with van der Waals surface area (Å²) >= 11 is 0. The molecular formula is C20H17FN4O4S. The number of carbonyl (C=O) groups is 1. The molecule has 0 aliphatic carbocycles. The molecule has 0 bridgehead atoms. The van der Waals surface area contributed by atoms with Gasteiger partial charge in [-0.3, -0.25) is 13.9 Å². The summed E-state index contributed by atoms with van der Waals surface area (Å²) in [6, 6.07) is 14.1. The fourth-order valence-corrected chi connectivity index (χ4v) is 4.70. The summed E-state index contributed by atoms with van der Waals surface area (Å²) in [6.07, 6.45) is 0.580. The number of aromatic nitrogens is 2. The predicted octanol–water partition coefficient (Wildman–Crippen LogP) is 2.16. The Labute approximate surface area is 171 Å². The highest BCUT2D eigenvalue weighted by atomic mass is 32.2. The molecule has 4 rings (SSSR count). The Balaban J connectivity index is 1.53. The summed E-state index contributed by atoms with van der Waals surface area (Å²) in [5.41, 5.74) is 0.835. The van der Waals surface area contributed by atoms with E-state index in [0.29, 0.717) is 30.0 Å². The zero-order valence-corrected chi connectivity index (χ0v) is 16.5. The Morgan fingerprint density at radius 1 is 0.967 bits per heavy atom. The smallest absolute Gasteiger partial charge is 0.276 e. The minimum atomic E-state index is -3.28. The number of carbonyl (C=O) groups excluding carboxylic acids is 1. The second kappa shape index (κ2) is 7.71. The van der Waals surface area contributed by atoms with Crippen molar-refractivity contribution in [1.82, 2.24) is 9.78 Å². The van der Waals surface area contributed by atoms with Gasteiger partial charge < -0.3 is 5.32 Å². The van der Waals surface area contributed by atoms with Crippen LogP contribution in [0.25, 0.3) is 5.69 Å². The first-order valence-corrected chi connectivity index (χ1v) is 10.7. The van der Waals surface area contributed by atoms with Crippen LogP contribution < -0.4 is 15.2 Å². The van der Waals surface area contributed by atoms with Crippen molar-refractivity contribution in [3.8, 4) is 5.69 Å². The van der Waals surface area contributed by atoms with Crippen molar-refractivity contribution in [2.75, 3.05) is 21.9 Å². The molecule has 3 aromatic rings. The van der Waals surface area contributed by atoms with Crippen LogP contribution in [0.3, 0.4) is 0 Å². The van der Waals surface area contributed by atoms with E-state index in [1.807, 2.05) is 0 Å². The van der Waals surface area contributed by atoms with E-state index in [1.54, 1.807) is 24.3 Å². The Morgan fingerprint density at radius 2 is 1.63 bits per heavy atom. The molecule has 10 heteroatoms. The number of hydrogen-bond acceptors (Lipinski definition) is 5. The number of anilines is 2. The number of amides is 1. The van der Waals surface area contributed by atoms with E-state index in [2.05, 4.69) is 10.4 Å². The van der Waals surface area contributed by atoms with Crippen LogP contribution in [0.1, 0.15) is 16.9 Å². The lowest BCUT2D eigenvalue weighted by Crippen LogP contribution is -2.25. The third-order valence-electron chi connectivity index (χ3n) is 4.62. The second-order valence-electron chi connectivity index (χ2n) is 6.69. The first-order chi connectivity index (χ1) is 14.3. The lowest BCUT2D eigenvalue weighted by molar-refractivity contribution is 0.102. The zero-order valence-electron chi connectivity index (χ0n) is 15.7. The van der Waals surface area contributed by atoms with Gasteiger partial charge in [0, 0.05) is 18.3 Å². The highest BCUT2D eigenvalue weighted by molar-refractivity contribution is 7.93. The lowest BCUT2D eigenvalue weighted by atomic mass is 10.2. The Morgan fingerprint density at radius 3 is 2.27 bits per heavy atom. The van der Waals surface area contributed by atoms with Crippen LogP contribution in [-0.2, 0) is 10.0 Å². The van der Waals surface area contributed by atoms with Crippen molar-refractivity contribution in [2.45, 2.75) is 6.42 Å². The quantitative estimate of drug-likeness (QED) is 0.686. The van der Waals surface area contributed by atoms with Gasteiger partial charge in [-0.2, -0.15) is 9.78 Å². The van der Waals surface area contributed by atoms with E-state index in [1.165, 1.54) is 40.7 Å². The van der Waals surface area contributed by atoms with Gasteiger partial charge in [0.15, 0.2) is 0 Å². The number of nitrogens with zero attached hydrogens (tertiary/aromatic N) is 3. The molecule has 30 heavy (non-hydrogen) atoms. The molecule has 154 valence electrons. The Hall–Kier alpha value is -3.53. The molecular weight excluding hydrogens is 411 g/mol. The van der Waals surface area contributed by atoms with Gasteiger partial charge in [0.05, 0.1) is 17.1 Å². The van der Waals surface area contributed by atoms with Crippen LogP contribution >= 0.6 is 0 Å². The van der Waals surface area contributed by atoms with Gasteiger partial charge in [0.2, 0.25) is 10.0 Å². The molecule has 1 fully saturated rings. The maximum atomic E-state index is 13.1. The summed E-state index contributed by atoms with van der Waals surface area (Å²) < 4.78 is 39.5. The standard InChI is InChI=1S/C20H17FN4O4S/c21-14-2-6-17(7-3-14)25-19(26)11-10-18(23-25)20(27)22-15-4-8-16(9-5-15)24-12-1-13-30(24,28)29/h2-11H,1,12-13H2,(H,22,27). The van der Waals surface area contributed by atoms with Crippen molar-refractivity contribution in [1.29, 1.82) is 0 Å². The molecule has 0 spiro atoms. The SMILES string of the molecule is O=C(Nc1ccc(N2CCCS2(=O)=O)cc1)c1ccc(=O)n(-c2ccc(F)cc2)n1. The zero-order chi connectivity index (χ0) is 21.3. The number of sulfonamides is 1. The van der Waals surface area contributed by atoms with Crippen LogP contribution in [-0.4, -0.2) is 36.4 Å². The molecule has 0 atom stereocenters. The number of hydrogen-bond donors (Lipinski definition) is 1. The molecule has 1 saturated heterocycles. The summed E-state index contributed by atoms with van der Waals surface area (Å²) in [5.74, 6) is -0.876. The average molecular weight is 428 g/mol. The molecule has 2 aromatic carbocycles. The second-order valence-corrected chi connectivity index (χ2v) is 8.70. The summed E-state index contributed by atoms with van der Waals surface area (Å²) in [6.45, 7) is 0.433. The number of nitrogens with one attached hydrogen (secondary N) is 1. The fourth-order valence-electron chi connectivity index (χ4n) is 3.14. The minimum absolute atomic E-state index is 0.00915. The molecule has 1 amide bonds. The Bertz CT molecular complexity index is 1260. The first-order valence-electron chi connectivity index (χ1n) is 9.12. The molecule has 1 N–H and O–H groups in total. The minimum Gasteiger partial charge on any atom is -0.321 e. The van der Waals surface area contributed by atoms with Crippen LogP contribution in [0.4, 0.5) is 15.8 Å². The van der Waals surface area contributed by atoms with E-state index in [0.717, 1.165) is 4.68 Å². The fraction of sp³-hybridized carbons (Fsp3) is 0.150. The molecule has 1 aliphatic heterocycles. The molecule has 0 unspecified atom stereocenters. The lowest BCUT2D eigenvalue weighted by Gasteiger charge is -2.17. The maximum Gasteiger partial charge on any atom is 0.276 e.